The summed E-state index contributed by atoms with van der Waals surface area (Å²) >= 11 is 0. The van der Waals surface area contributed by atoms with Crippen LogP contribution in [-0.2, 0) is 0 Å². The average Bonchev–Trinajstić information content (AvgIpc) is 3.13. The van der Waals surface area contributed by atoms with E-state index in [1.165, 1.54) is 33.2 Å². The second-order valence-electron chi connectivity index (χ2n) is 11.8. The Balaban J connectivity index is 1.25. The van der Waals surface area contributed by atoms with E-state index in [4.69, 9.17) is 0 Å². The summed E-state index contributed by atoms with van der Waals surface area (Å²) in [7, 11) is 0. The van der Waals surface area contributed by atoms with Gasteiger partial charge in [0.25, 0.3) is 0 Å². The molecule has 6 aromatic rings. The smallest absolute Gasteiger partial charge is 0.0540 e. The van der Waals surface area contributed by atoms with Crippen molar-refractivity contribution < 1.29 is 0 Å². The number of benzene rings is 6. The number of allylic oxidation sites excluding steroid dienone is 7. The minimum Gasteiger partial charge on any atom is -0.310 e. The van der Waals surface area contributed by atoms with Crippen LogP contribution in [0.4, 0.5) is 28.4 Å². The molecule has 228 valence electrons. The second-order valence-corrected chi connectivity index (χ2v) is 11.8. The highest BCUT2D eigenvalue weighted by Crippen LogP contribution is 2.40. The predicted octanol–water partition coefficient (Wildman–Crippen LogP) is 12.7. The number of anilines is 5. The number of nitrogens with zero attached hydrogens (tertiary/aromatic N) is 2. The zero-order valence-electron chi connectivity index (χ0n) is 26.9. The van der Waals surface area contributed by atoms with Crippen molar-refractivity contribution in [3.63, 3.8) is 0 Å². The predicted molar refractivity (Wildman–Crippen MR) is 202 cm³/mol. The van der Waals surface area contributed by atoms with Gasteiger partial charge in [-0.15, -0.1) is 0 Å². The van der Waals surface area contributed by atoms with E-state index in [0.29, 0.717) is 5.92 Å². The first-order valence-corrected chi connectivity index (χ1v) is 16.3. The number of fused-ring (bicyclic) bond motifs is 1. The summed E-state index contributed by atoms with van der Waals surface area (Å²) in [6.45, 7) is 4.34. The fourth-order valence-corrected chi connectivity index (χ4v) is 6.44. The quantitative estimate of drug-likeness (QED) is 0.170. The topological polar surface area (TPSA) is 6.48 Å². The van der Waals surface area contributed by atoms with Crippen molar-refractivity contribution >= 4 is 39.2 Å². The molecule has 0 saturated carbocycles. The van der Waals surface area contributed by atoms with Gasteiger partial charge in [0, 0.05) is 39.8 Å². The van der Waals surface area contributed by atoms with Gasteiger partial charge in [0.15, 0.2) is 0 Å². The molecule has 7 rings (SSSR count). The van der Waals surface area contributed by atoms with E-state index >= 15 is 0 Å². The lowest BCUT2D eigenvalue weighted by Crippen LogP contribution is -2.19. The molecule has 0 aliphatic heterocycles. The first-order valence-electron chi connectivity index (χ1n) is 16.3. The number of hydrogen-bond acceptors (Lipinski definition) is 2. The van der Waals surface area contributed by atoms with Crippen LogP contribution in [0.3, 0.4) is 0 Å². The van der Waals surface area contributed by atoms with Crippen molar-refractivity contribution in [1.82, 2.24) is 0 Å². The maximum Gasteiger partial charge on any atom is 0.0540 e. The van der Waals surface area contributed by atoms with E-state index in [2.05, 4.69) is 212 Å². The summed E-state index contributed by atoms with van der Waals surface area (Å²) in [5, 5.41) is 2.45. The van der Waals surface area contributed by atoms with Crippen molar-refractivity contribution in [3.05, 3.63) is 199 Å². The Kier molecular flexibility index (Phi) is 8.66. The molecule has 0 amide bonds. The molecule has 47 heavy (non-hydrogen) atoms. The molecule has 1 aliphatic carbocycles. The highest BCUT2D eigenvalue weighted by Gasteiger charge is 2.20. The summed E-state index contributed by atoms with van der Waals surface area (Å²) in [6, 6.07) is 54.2. The molecule has 0 N–H and O–H groups in total. The summed E-state index contributed by atoms with van der Waals surface area (Å²) in [6.07, 6.45) is 13.1. The third-order valence-electron chi connectivity index (χ3n) is 8.76. The molecule has 1 aliphatic rings. The first-order chi connectivity index (χ1) is 23.2. The molecule has 1 atom stereocenters. The van der Waals surface area contributed by atoms with E-state index in [9.17, 15) is 0 Å². The zero-order valence-corrected chi connectivity index (χ0v) is 26.9. The zero-order chi connectivity index (χ0) is 32.0. The van der Waals surface area contributed by atoms with Crippen LogP contribution in [0.15, 0.2) is 199 Å². The summed E-state index contributed by atoms with van der Waals surface area (Å²) < 4.78 is 0. The summed E-state index contributed by atoms with van der Waals surface area (Å²) in [5.74, 6) is 0.319. The number of rotatable bonds is 8. The third kappa shape index (κ3) is 6.19. The lowest BCUT2D eigenvalue weighted by Gasteiger charge is -2.30. The van der Waals surface area contributed by atoms with Crippen LogP contribution in [0, 0.1) is 5.92 Å². The molecule has 0 bridgehead atoms. The molecule has 1 unspecified atom stereocenters. The van der Waals surface area contributed by atoms with Crippen LogP contribution >= 0.6 is 0 Å². The van der Waals surface area contributed by atoms with Crippen LogP contribution in [0.5, 0.6) is 0 Å². The van der Waals surface area contributed by atoms with Gasteiger partial charge in [-0.25, -0.2) is 0 Å². The molecule has 2 nitrogen and oxygen atoms in total. The van der Waals surface area contributed by atoms with Crippen molar-refractivity contribution in [3.8, 4) is 11.1 Å². The van der Waals surface area contributed by atoms with Gasteiger partial charge in [0.1, 0.15) is 0 Å². The van der Waals surface area contributed by atoms with Gasteiger partial charge in [0.2, 0.25) is 0 Å². The Hall–Kier alpha value is -5.86. The number of para-hydroxylation sites is 2. The van der Waals surface area contributed by atoms with Crippen molar-refractivity contribution in [2.75, 3.05) is 9.80 Å². The maximum atomic E-state index is 2.37. The standard InChI is InChI=1S/C45H38N2/c1-3-15-44(42-23-12-10-16-34(42)2)46(38-19-6-4-7-20-38)40-30-26-35(27-31-40)36-28-32-41(33-29-36)47(39-21-8-5-9-22-39)45-25-14-18-37-17-11-13-24-43(37)45/h3-34H,1-2H3/b15-3-,44-42+. The Bertz CT molecular complexity index is 2080. The monoisotopic (exact) mass is 606 g/mol. The maximum absolute atomic E-state index is 2.37. The van der Waals surface area contributed by atoms with Gasteiger partial charge >= 0.3 is 0 Å². The van der Waals surface area contributed by atoms with E-state index in [1.54, 1.807) is 0 Å². The lowest BCUT2D eigenvalue weighted by atomic mass is 9.93. The van der Waals surface area contributed by atoms with E-state index in [1.807, 2.05) is 0 Å². The Morgan fingerprint density at radius 2 is 1.11 bits per heavy atom. The lowest BCUT2D eigenvalue weighted by molar-refractivity contribution is 0.864. The fourth-order valence-electron chi connectivity index (χ4n) is 6.44. The molecular formula is C45H38N2. The van der Waals surface area contributed by atoms with E-state index in [-0.39, 0.29) is 0 Å². The second kappa shape index (κ2) is 13.6. The fraction of sp³-hybridized carbons (Fsp3) is 0.0667. The van der Waals surface area contributed by atoms with Gasteiger partial charge in [-0.2, -0.15) is 0 Å². The van der Waals surface area contributed by atoms with Crippen molar-refractivity contribution in [1.29, 1.82) is 0 Å². The van der Waals surface area contributed by atoms with E-state index in [0.717, 1.165) is 28.4 Å². The SMILES string of the molecule is C/C=C\C(=C1\C=CC=CC1C)N(c1ccccc1)c1ccc(-c2ccc(N(c3ccccc3)c3cccc4ccccc34)cc2)cc1. The van der Waals surface area contributed by atoms with Gasteiger partial charge in [-0.1, -0.05) is 134 Å². The van der Waals surface area contributed by atoms with Gasteiger partial charge in [-0.3, -0.25) is 0 Å². The van der Waals surface area contributed by atoms with Gasteiger partial charge in [0.05, 0.1) is 5.69 Å². The van der Waals surface area contributed by atoms with E-state index < -0.39 is 0 Å². The molecule has 0 spiro atoms. The van der Waals surface area contributed by atoms with Crippen LogP contribution < -0.4 is 9.80 Å². The highest BCUT2D eigenvalue weighted by molar-refractivity contribution is 5.99. The molecule has 0 radical (unpaired) electrons. The number of hydrogen-bond donors (Lipinski definition) is 0. The van der Waals surface area contributed by atoms with Crippen LogP contribution in [0.2, 0.25) is 0 Å². The van der Waals surface area contributed by atoms with Crippen molar-refractivity contribution in [2.45, 2.75) is 13.8 Å². The van der Waals surface area contributed by atoms with Crippen LogP contribution in [-0.4, -0.2) is 0 Å². The average molecular weight is 607 g/mol. The highest BCUT2D eigenvalue weighted by atomic mass is 15.2. The summed E-state index contributed by atoms with van der Waals surface area (Å²) in [5.41, 5.74) is 10.5. The third-order valence-corrected chi connectivity index (χ3v) is 8.76. The van der Waals surface area contributed by atoms with Crippen LogP contribution in [0.25, 0.3) is 21.9 Å². The van der Waals surface area contributed by atoms with Crippen molar-refractivity contribution in [2.24, 2.45) is 5.92 Å². The normalized spacial score (nSPS) is 15.2. The Morgan fingerprint density at radius 1 is 0.553 bits per heavy atom. The molecule has 6 aromatic carbocycles. The minimum absolute atomic E-state index is 0.319. The van der Waals surface area contributed by atoms with Gasteiger partial charge in [-0.05, 0) is 89.7 Å². The minimum atomic E-state index is 0.319. The van der Waals surface area contributed by atoms with Gasteiger partial charge < -0.3 is 9.80 Å². The summed E-state index contributed by atoms with van der Waals surface area (Å²) in [4.78, 5) is 4.71. The molecule has 0 fully saturated rings. The molecule has 0 saturated heterocycles. The first kappa shape index (κ1) is 29.8. The largest absolute Gasteiger partial charge is 0.310 e. The Morgan fingerprint density at radius 3 is 1.77 bits per heavy atom. The molecule has 0 aromatic heterocycles. The van der Waals surface area contributed by atoms with Crippen LogP contribution in [0.1, 0.15) is 13.8 Å². The molecule has 0 heterocycles. The molecular weight excluding hydrogens is 569 g/mol. The molecule has 2 heteroatoms. The Labute approximate surface area is 278 Å².